The van der Waals surface area contributed by atoms with Gasteiger partial charge in [-0.15, -0.1) is 0 Å². The molecule has 0 bridgehead atoms. The van der Waals surface area contributed by atoms with E-state index >= 15 is 0 Å². The van der Waals surface area contributed by atoms with Crippen molar-refractivity contribution >= 4 is 11.6 Å². The van der Waals surface area contributed by atoms with Crippen LogP contribution in [0.25, 0.3) is 0 Å². The molecule has 0 aromatic heterocycles. The first kappa shape index (κ1) is 11.1. The fraction of sp³-hybridized carbons (Fsp3) is 0.200. The van der Waals surface area contributed by atoms with E-state index in [1.165, 1.54) is 0 Å². The van der Waals surface area contributed by atoms with Crippen LogP contribution in [0.3, 0.4) is 0 Å². The van der Waals surface area contributed by atoms with Gasteiger partial charge in [-0.3, -0.25) is 9.59 Å². The molecule has 1 N–H and O–H groups in total. The summed E-state index contributed by atoms with van der Waals surface area (Å²) in [6.45, 7) is 1.81. The zero-order valence-corrected chi connectivity index (χ0v) is 9.88. The van der Waals surface area contributed by atoms with Gasteiger partial charge < -0.3 is 5.11 Å². The predicted octanol–water partition coefficient (Wildman–Crippen LogP) is 1.85. The normalized spacial score (nSPS) is 25.6. The van der Waals surface area contributed by atoms with Crippen molar-refractivity contribution in [2.75, 3.05) is 0 Å². The molecule has 2 atom stereocenters. The summed E-state index contributed by atoms with van der Waals surface area (Å²) >= 11 is 0. The predicted molar refractivity (Wildman–Crippen MR) is 66.6 cm³/mol. The van der Waals surface area contributed by atoms with Crippen molar-refractivity contribution < 1.29 is 14.7 Å². The minimum absolute atomic E-state index is 0.151. The number of allylic oxidation sites excluding steroid dienone is 2. The van der Waals surface area contributed by atoms with Crippen LogP contribution in [0, 0.1) is 12.8 Å². The van der Waals surface area contributed by atoms with Crippen LogP contribution in [-0.4, -0.2) is 22.8 Å². The SMILES string of the molecule is Cc1cccc2c1C(=O)C1C(=CC=CC1O)C2=O. The Kier molecular flexibility index (Phi) is 2.31. The van der Waals surface area contributed by atoms with Crippen LogP contribution in [0.2, 0.25) is 0 Å². The number of fused-ring (bicyclic) bond motifs is 2. The van der Waals surface area contributed by atoms with Gasteiger partial charge in [0.25, 0.3) is 0 Å². The quantitative estimate of drug-likeness (QED) is 0.753. The average molecular weight is 240 g/mol. The molecule has 2 aliphatic rings. The Morgan fingerprint density at radius 3 is 2.78 bits per heavy atom. The zero-order chi connectivity index (χ0) is 12.9. The van der Waals surface area contributed by atoms with Gasteiger partial charge in [0.05, 0.1) is 12.0 Å². The van der Waals surface area contributed by atoms with Gasteiger partial charge in [-0.25, -0.2) is 0 Å². The fourth-order valence-electron chi connectivity index (χ4n) is 2.68. The van der Waals surface area contributed by atoms with E-state index in [9.17, 15) is 14.7 Å². The molecular weight excluding hydrogens is 228 g/mol. The van der Waals surface area contributed by atoms with Crippen molar-refractivity contribution in [1.82, 2.24) is 0 Å². The molecule has 0 aliphatic heterocycles. The van der Waals surface area contributed by atoms with E-state index in [4.69, 9.17) is 0 Å². The van der Waals surface area contributed by atoms with Crippen molar-refractivity contribution in [1.29, 1.82) is 0 Å². The van der Waals surface area contributed by atoms with E-state index in [0.29, 0.717) is 16.7 Å². The second-order valence-corrected chi connectivity index (χ2v) is 4.67. The number of carbonyl (C=O) groups is 2. The molecule has 0 radical (unpaired) electrons. The number of ketones is 2. The molecule has 18 heavy (non-hydrogen) atoms. The number of Topliss-reactive ketones (excluding diaryl/α,β-unsaturated/α-hetero) is 2. The number of rotatable bonds is 0. The lowest BCUT2D eigenvalue weighted by Crippen LogP contribution is -2.38. The molecule has 3 nitrogen and oxygen atoms in total. The number of aliphatic hydroxyl groups excluding tert-OH is 1. The van der Waals surface area contributed by atoms with Crippen molar-refractivity contribution in [3.05, 3.63) is 58.7 Å². The summed E-state index contributed by atoms with van der Waals surface area (Å²) in [5.41, 5.74) is 2.09. The van der Waals surface area contributed by atoms with Crippen LogP contribution >= 0.6 is 0 Å². The lowest BCUT2D eigenvalue weighted by Gasteiger charge is -2.30. The van der Waals surface area contributed by atoms with Crippen molar-refractivity contribution in [2.24, 2.45) is 5.92 Å². The van der Waals surface area contributed by atoms with Crippen molar-refractivity contribution in [3.8, 4) is 0 Å². The van der Waals surface area contributed by atoms with Gasteiger partial charge >= 0.3 is 0 Å². The summed E-state index contributed by atoms with van der Waals surface area (Å²) in [6.07, 6.45) is 3.89. The lowest BCUT2D eigenvalue weighted by atomic mass is 9.72. The van der Waals surface area contributed by atoms with Gasteiger partial charge in [0.1, 0.15) is 0 Å². The molecule has 90 valence electrons. The number of aryl methyl sites for hydroxylation is 1. The molecule has 0 fully saturated rings. The topological polar surface area (TPSA) is 54.4 Å². The van der Waals surface area contributed by atoms with E-state index in [1.54, 1.807) is 30.4 Å². The fourth-order valence-corrected chi connectivity index (χ4v) is 2.68. The monoisotopic (exact) mass is 240 g/mol. The zero-order valence-electron chi connectivity index (χ0n) is 9.88. The molecule has 2 aliphatic carbocycles. The molecule has 0 saturated heterocycles. The third-order valence-corrected chi connectivity index (χ3v) is 3.57. The standard InChI is InChI=1S/C15H12O3/c1-8-4-2-5-9-12(8)15(18)13-10(14(9)17)6-3-7-11(13)16/h2-7,11,13,16H,1H3. The first-order valence-corrected chi connectivity index (χ1v) is 5.86. The summed E-state index contributed by atoms with van der Waals surface area (Å²) in [5.74, 6) is -1.05. The number of hydrogen-bond acceptors (Lipinski definition) is 3. The summed E-state index contributed by atoms with van der Waals surface area (Å²) in [5, 5.41) is 9.91. The maximum Gasteiger partial charge on any atom is 0.190 e. The minimum Gasteiger partial charge on any atom is -0.388 e. The summed E-state index contributed by atoms with van der Waals surface area (Å²) in [4.78, 5) is 24.8. The van der Waals surface area contributed by atoms with Crippen LogP contribution < -0.4 is 0 Å². The van der Waals surface area contributed by atoms with Crippen LogP contribution in [-0.2, 0) is 0 Å². The van der Waals surface area contributed by atoms with Crippen LogP contribution in [0.4, 0.5) is 0 Å². The van der Waals surface area contributed by atoms with Crippen molar-refractivity contribution in [3.63, 3.8) is 0 Å². The number of aliphatic hydroxyl groups is 1. The highest BCUT2D eigenvalue weighted by Gasteiger charge is 2.41. The molecule has 0 amide bonds. The van der Waals surface area contributed by atoms with Crippen LogP contribution in [0.15, 0.2) is 42.0 Å². The maximum atomic E-state index is 12.4. The summed E-state index contributed by atoms with van der Waals surface area (Å²) in [6, 6.07) is 5.25. The second kappa shape index (κ2) is 3.75. The summed E-state index contributed by atoms with van der Waals surface area (Å²) < 4.78 is 0. The molecule has 3 rings (SSSR count). The van der Waals surface area contributed by atoms with Crippen LogP contribution in [0.5, 0.6) is 0 Å². The highest BCUT2D eigenvalue weighted by molar-refractivity contribution is 6.24. The van der Waals surface area contributed by atoms with Gasteiger partial charge in [-0.05, 0) is 12.5 Å². The lowest BCUT2D eigenvalue weighted by molar-refractivity contribution is 0.0767. The van der Waals surface area contributed by atoms with Gasteiger partial charge in [0.2, 0.25) is 0 Å². The third-order valence-electron chi connectivity index (χ3n) is 3.57. The molecule has 3 heteroatoms. The molecule has 0 saturated carbocycles. The van der Waals surface area contributed by atoms with Gasteiger partial charge in [0, 0.05) is 16.7 Å². The Balaban J connectivity index is 2.28. The smallest absolute Gasteiger partial charge is 0.190 e. The second-order valence-electron chi connectivity index (χ2n) is 4.67. The Hall–Kier alpha value is -2.00. The van der Waals surface area contributed by atoms with E-state index in [1.807, 2.05) is 13.0 Å². The molecule has 1 aromatic rings. The Labute approximate surface area is 104 Å². The van der Waals surface area contributed by atoms with E-state index in [-0.39, 0.29) is 11.6 Å². The van der Waals surface area contributed by atoms with E-state index < -0.39 is 12.0 Å². The average Bonchev–Trinajstić information content (AvgIpc) is 2.35. The number of hydrogen-bond donors (Lipinski definition) is 1. The first-order valence-electron chi connectivity index (χ1n) is 5.86. The molecule has 2 unspecified atom stereocenters. The Morgan fingerprint density at radius 1 is 1.22 bits per heavy atom. The molecular formula is C15H12O3. The van der Waals surface area contributed by atoms with Gasteiger partial charge in [0.15, 0.2) is 11.6 Å². The van der Waals surface area contributed by atoms with Crippen LogP contribution in [0.1, 0.15) is 26.3 Å². The highest BCUT2D eigenvalue weighted by atomic mass is 16.3. The van der Waals surface area contributed by atoms with Crippen molar-refractivity contribution in [2.45, 2.75) is 13.0 Å². The van der Waals surface area contributed by atoms with Gasteiger partial charge in [-0.2, -0.15) is 0 Å². The number of benzene rings is 1. The number of carbonyl (C=O) groups excluding carboxylic acids is 2. The minimum atomic E-state index is -0.908. The summed E-state index contributed by atoms with van der Waals surface area (Å²) in [7, 11) is 0. The molecule has 0 heterocycles. The maximum absolute atomic E-state index is 12.4. The Bertz CT molecular complexity index is 623. The third kappa shape index (κ3) is 1.34. The van der Waals surface area contributed by atoms with Gasteiger partial charge in [-0.1, -0.05) is 36.4 Å². The van der Waals surface area contributed by atoms with E-state index in [0.717, 1.165) is 5.56 Å². The largest absolute Gasteiger partial charge is 0.388 e. The first-order chi connectivity index (χ1) is 8.61. The highest BCUT2D eigenvalue weighted by Crippen LogP contribution is 2.35. The van der Waals surface area contributed by atoms with E-state index in [2.05, 4.69) is 0 Å². The molecule has 0 spiro atoms. The molecule has 1 aromatic carbocycles. The Morgan fingerprint density at radius 2 is 2.00 bits per heavy atom.